The third kappa shape index (κ3) is 5.56. The van der Waals surface area contributed by atoms with Gasteiger partial charge in [-0.05, 0) is 26.0 Å². The Hall–Kier alpha value is -3.13. The predicted molar refractivity (Wildman–Crippen MR) is 131 cm³/mol. The van der Waals surface area contributed by atoms with Crippen LogP contribution in [0.3, 0.4) is 0 Å². The van der Waals surface area contributed by atoms with Crippen LogP contribution in [0, 0.1) is 13.8 Å². The van der Waals surface area contributed by atoms with Crippen LogP contribution in [0.4, 0.5) is 11.4 Å². The van der Waals surface area contributed by atoms with E-state index in [1.165, 1.54) is 0 Å². The number of aryl methyl sites for hydroxylation is 2. The fourth-order valence-electron chi connectivity index (χ4n) is 3.52. The Morgan fingerprint density at radius 2 is 1.75 bits per heavy atom. The number of pyridine rings is 1. The number of carbonyl (C=O) groups is 1. The van der Waals surface area contributed by atoms with Gasteiger partial charge in [0.25, 0.3) is 0 Å². The van der Waals surface area contributed by atoms with Crippen molar-refractivity contribution in [3.63, 3.8) is 0 Å². The van der Waals surface area contributed by atoms with Crippen LogP contribution in [0.1, 0.15) is 25.3 Å². The lowest BCUT2D eigenvalue weighted by Gasteiger charge is -2.27. The molecule has 0 aliphatic heterocycles. The number of hydrogen-bond donors (Lipinski definition) is 0. The van der Waals surface area contributed by atoms with Crippen LogP contribution in [0.25, 0.3) is 22.0 Å². The molecule has 0 radical (unpaired) electrons. The molecule has 0 saturated carbocycles. The minimum Gasteiger partial charge on any atom is -0.496 e. The molecule has 0 atom stereocenters. The third-order valence-corrected chi connectivity index (χ3v) is 4.93. The molecular weight excluding hydrogens is 408 g/mol. The van der Waals surface area contributed by atoms with Gasteiger partial charge in [-0.3, -0.25) is 4.98 Å². The van der Waals surface area contributed by atoms with Gasteiger partial charge in [0.05, 0.1) is 48.1 Å². The number of likely N-dealkylation sites (N-methyl/N-ethyl adjacent to an activating group) is 1. The molecule has 8 heteroatoms. The molecule has 3 aromatic rings. The SMILES string of the molecule is C=O.CC.COCCN(C)c1cnc2cc(-c3c(C)noc3C)c(OC)cc2c1N(C)C. The summed E-state index contributed by atoms with van der Waals surface area (Å²) in [5.74, 6) is 1.53. The summed E-state index contributed by atoms with van der Waals surface area (Å²) in [7, 11) is 9.51. The van der Waals surface area contributed by atoms with Crippen molar-refractivity contribution in [1.82, 2.24) is 10.1 Å². The zero-order chi connectivity index (χ0) is 24.4. The molecule has 0 fully saturated rings. The summed E-state index contributed by atoms with van der Waals surface area (Å²) >= 11 is 0. The molecule has 8 nitrogen and oxygen atoms in total. The number of carbonyl (C=O) groups excluding carboxylic acids is 1. The molecule has 0 amide bonds. The molecule has 2 heterocycles. The maximum atomic E-state index is 8.00. The second-order valence-electron chi connectivity index (χ2n) is 7.07. The molecule has 1 aromatic carbocycles. The molecular formula is C24H36N4O4. The standard InChI is InChI=1S/C21H28N4O3.C2H6.CH2O/c1-13-20(14(2)28-23-13)16-10-17-15(11-19(16)27-7)21(24(3)4)18(12-22-17)25(5)8-9-26-6;2*1-2/h10-12H,8-9H2,1-7H3;1-2H3;1H2. The van der Waals surface area contributed by atoms with Crippen LogP contribution in [-0.4, -0.2) is 65.4 Å². The number of benzene rings is 1. The molecule has 0 bridgehead atoms. The molecule has 2 aromatic heterocycles. The highest BCUT2D eigenvalue weighted by atomic mass is 16.5. The first kappa shape index (κ1) is 26.9. The van der Waals surface area contributed by atoms with E-state index in [4.69, 9.17) is 23.8 Å². The van der Waals surface area contributed by atoms with Crippen LogP contribution in [-0.2, 0) is 9.53 Å². The van der Waals surface area contributed by atoms with Crippen molar-refractivity contribution in [3.05, 3.63) is 29.8 Å². The number of rotatable bonds is 7. The maximum Gasteiger partial charge on any atom is 0.141 e. The number of fused-ring (bicyclic) bond motifs is 1. The molecule has 0 saturated heterocycles. The van der Waals surface area contributed by atoms with Gasteiger partial charge in [0, 0.05) is 45.7 Å². The first-order chi connectivity index (χ1) is 15.4. The summed E-state index contributed by atoms with van der Waals surface area (Å²) in [6.07, 6.45) is 1.91. The van der Waals surface area contributed by atoms with Crippen molar-refractivity contribution < 1.29 is 18.8 Å². The summed E-state index contributed by atoms with van der Waals surface area (Å²) in [6, 6.07) is 4.10. The first-order valence-electron chi connectivity index (χ1n) is 10.5. The predicted octanol–water partition coefficient (Wildman–Crippen LogP) is 4.51. The highest BCUT2D eigenvalue weighted by molar-refractivity contribution is 6.01. The van der Waals surface area contributed by atoms with Crippen molar-refractivity contribution in [1.29, 1.82) is 0 Å². The maximum absolute atomic E-state index is 8.00. The highest BCUT2D eigenvalue weighted by Crippen LogP contribution is 2.41. The molecule has 32 heavy (non-hydrogen) atoms. The Kier molecular flexibility index (Phi) is 10.6. The van der Waals surface area contributed by atoms with Gasteiger partial charge >= 0.3 is 0 Å². The zero-order valence-electron chi connectivity index (χ0n) is 20.8. The number of hydrogen-bond acceptors (Lipinski definition) is 8. The van der Waals surface area contributed by atoms with Crippen molar-refractivity contribution in [2.75, 3.05) is 58.3 Å². The summed E-state index contributed by atoms with van der Waals surface area (Å²) < 4.78 is 16.3. The quantitative estimate of drug-likeness (QED) is 0.527. The Morgan fingerprint density at radius 3 is 2.25 bits per heavy atom. The van der Waals surface area contributed by atoms with Gasteiger partial charge in [-0.15, -0.1) is 0 Å². The van der Waals surface area contributed by atoms with Crippen LogP contribution < -0.4 is 14.5 Å². The second-order valence-corrected chi connectivity index (χ2v) is 7.07. The smallest absolute Gasteiger partial charge is 0.141 e. The van der Waals surface area contributed by atoms with Gasteiger partial charge in [-0.2, -0.15) is 0 Å². The fraction of sp³-hybridized carbons (Fsp3) is 0.458. The molecule has 0 aliphatic carbocycles. The molecule has 0 spiro atoms. The number of anilines is 2. The van der Waals surface area contributed by atoms with Crippen molar-refractivity contribution in [2.24, 2.45) is 0 Å². The second kappa shape index (κ2) is 12.7. The minimum absolute atomic E-state index is 0.649. The average Bonchev–Trinajstić information content (AvgIpc) is 3.15. The van der Waals surface area contributed by atoms with Crippen LogP contribution in [0.5, 0.6) is 5.75 Å². The summed E-state index contributed by atoms with van der Waals surface area (Å²) in [5.41, 5.74) is 5.74. The Bertz CT molecular complexity index is 982. The van der Waals surface area contributed by atoms with Gasteiger partial charge in [0.2, 0.25) is 0 Å². The number of methoxy groups -OCH3 is 2. The molecule has 0 N–H and O–H groups in total. The van der Waals surface area contributed by atoms with Crippen LogP contribution in [0.2, 0.25) is 0 Å². The topological polar surface area (TPSA) is 80.9 Å². The van der Waals surface area contributed by atoms with Gasteiger partial charge in [-0.1, -0.05) is 19.0 Å². The lowest BCUT2D eigenvalue weighted by Crippen LogP contribution is -2.25. The van der Waals surface area contributed by atoms with E-state index in [9.17, 15) is 0 Å². The minimum atomic E-state index is 0.649. The highest BCUT2D eigenvalue weighted by Gasteiger charge is 2.20. The van der Waals surface area contributed by atoms with Gasteiger partial charge in [0.15, 0.2) is 0 Å². The Labute approximate surface area is 191 Å². The van der Waals surface area contributed by atoms with E-state index in [0.717, 1.165) is 57.2 Å². The third-order valence-electron chi connectivity index (χ3n) is 4.93. The lowest BCUT2D eigenvalue weighted by molar-refractivity contribution is -0.0979. The molecule has 176 valence electrons. The number of aromatic nitrogens is 2. The van der Waals surface area contributed by atoms with E-state index in [2.05, 4.69) is 15.0 Å². The lowest BCUT2D eigenvalue weighted by atomic mass is 9.99. The molecule has 0 unspecified atom stereocenters. The fourth-order valence-corrected chi connectivity index (χ4v) is 3.52. The number of nitrogens with zero attached hydrogens (tertiary/aromatic N) is 4. The summed E-state index contributed by atoms with van der Waals surface area (Å²) in [6.45, 7) is 11.3. The van der Waals surface area contributed by atoms with E-state index < -0.39 is 0 Å². The van der Waals surface area contributed by atoms with Gasteiger partial charge in [0.1, 0.15) is 18.3 Å². The van der Waals surface area contributed by atoms with E-state index in [0.29, 0.717) is 6.61 Å². The van der Waals surface area contributed by atoms with Crippen molar-refractivity contribution in [2.45, 2.75) is 27.7 Å². The van der Waals surface area contributed by atoms with E-state index in [1.807, 2.05) is 74.0 Å². The normalized spacial score (nSPS) is 10.0. The van der Waals surface area contributed by atoms with E-state index >= 15 is 0 Å². The monoisotopic (exact) mass is 444 g/mol. The summed E-state index contributed by atoms with van der Waals surface area (Å²) in [5, 5.41) is 5.11. The van der Waals surface area contributed by atoms with E-state index in [1.54, 1.807) is 14.2 Å². The zero-order valence-corrected chi connectivity index (χ0v) is 20.8. The van der Waals surface area contributed by atoms with Crippen LogP contribution >= 0.6 is 0 Å². The molecule has 0 aliphatic rings. The summed E-state index contributed by atoms with van der Waals surface area (Å²) in [4.78, 5) is 17.0. The van der Waals surface area contributed by atoms with E-state index in [-0.39, 0.29) is 0 Å². The Morgan fingerprint density at radius 1 is 1.09 bits per heavy atom. The Balaban J connectivity index is 0.00000121. The number of ether oxygens (including phenoxy) is 2. The van der Waals surface area contributed by atoms with Crippen LogP contribution in [0.15, 0.2) is 22.9 Å². The first-order valence-corrected chi connectivity index (χ1v) is 10.5. The average molecular weight is 445 g/mol. The molecule has 3 rings (SSSR count). The largest absolute Gasteiger partial charge is 0.496 e. The van der Waals surface area contributed by atoms with Gasteiger partial charge < -0.3 is 28.6 Å². The van der Waals surface area contributed by atoms with Crippen molar-refractivity contribution >= 4 is 29.1 Å². The van der Waals surface area contributed by atoms with Gasteiger partial charge in [-0.25, -0.2) is 0 Å². The van der Waals surface area contributed by atoms with Crippen molar-refractivity contribution in [3.8, 4) is 16.9 Å².